The molecule has 0 aliphatic carbocycles. The van der Waals surface area contributed by atoms with Crippen LogP contribution in [0.3, 0.4) is 0 Å². The number of hydrogen-bond donors (Lipinski definition) is 3. The highest BCUT2D eigenvalue weighted by Crippen LogP contribution is 2.38. The van der Waals surface area contributed by atoms with E-state index in [4.69, 9.17) is 10.5 Å². The average Bonchev–Trinajstić information content (AvgIpc) is 3.23. The number of nitrogens with two attached hydrogens (primary N) is 1. The smallest absolute Gasteiger partial charge is 0.258 e. The van der Waals surface area contributed by atoms with Crippen LogP contribution >= 0.6 is 0 Å². The number of benzene rings is 1. The van der Waals surface area contributed by atoms with Crippen molar-refractivity contribution >= 4 is 22.7 Å². The van der Waals surface area contributed by atoms with Crippen LogP contribution in [-0.2, 0) is 24.8 Å². The number of nitrogens with one attached hydrogen (secondary N) is 1. The number of aliphatic hydroxyl groups is 1. The minimum absolute atomic E-state index is 0.00737. The third-order valence-electron chi connectivity index (χ3n) is 5.36. The third kappa shape index (κ3) is 3.38. The molecule has 3 aromatic rings. The van der Waals surface area contributed by atoms with E-state index in [2.05, 4.69) is 25.9 Å². The molecule has 0 radical (unpaired) electrons. The van der Waals surface area contributed by atoms with Crippen LogP contribution in [-0.4, -0.2) is 40.4 Å². The molecule has 0 amide bonds. The number of anilines is 2. The number of nitrogen functional groups attached to an aromatic ring is 1. The Kier molecular flexibility index (Phi) is 4.98. The molecule has 0 saturated carbocycles. The Morgan fingerprint density at radius 2 is 2.24 bits per heavy atom. The molecular weight excluding hydrogens is 453 g/mol. The molecule has 2 bridgehead atoms. The van der Waals surface area contributed by atoms with Crippen molar-refractivity contribution in [3.05, 3.63) is 47.2 Å². The zero-order chi connectivity index (χ0) is 23.4. The van der Waals surface area contributed by atoms with Crippen LogP contribution in [0.4, 0.5) is 15.9 Å². The fraction of sp³-hybridized carbons (Fsp3) is 0.263. The van der Waals surface area contributed by atoms with Crippen LogP contribution in [0.25, 0.3) is 11.3 Å². The lowest BCUT2D eigenvalue weighted by atomic mass is 10.1. The van der Waals surface area contributed by atoms with Crippen molar-refractivity contribution in [2.24, 2.45) is 7.05 Å². The highest BCUT2D eigenvalue weighted by atomic mass is 32.2. The lowest BCUT2D eigenvalue weighted by Gasteiger charge is -2.30. The highest BCUT2D eigenvalue weighted by molar-refractivity contribution is 7.84. The minimum atomic E-state index is -1.90. The van der Waals surface area contributed by atoms with Crippen LogP contribution < -0.4 is 19.6 Å². The van der Waals surface area contributed by atoms with Gasteiger partial charge in [0.15, 0.2) is 12.2 Å². The van der Waals surface area contributed by atoms with Crippen LogP contribution in [0.5, 0.6) is 5.88 Å². The summed E-state index contributed by atoms with van der Waals surface area (Å²) >= 11 is -1.90. The van der Waals surface area contributed by atoms with Crippen LogP contribution in [0.1, 0.15) is 30.0 Å². The monoisotopic (exact) mass is 471 g/mol. The van der Waals surface area contributed by atoms with Gasteiger partial charge >= 0.3 is 0 Å². The van der Waals surface area contributed by atoms with Gasteiger partial charge in [-0.2, -0.15) is 20.1 Å². The van der Waals surface area contributed by atoms with Gasteiger partial charge in [-0.15, -0.1) is 0 Å². The molecule has 3 atom stereocenters. The van der Waals surface area contributed by atoms with E-state index in [-0.39, 0.29) is 29.6 Å². The maximum absolute atomic E-state index is 14.2. The molecule has 170 valence electrons. The first-order chi connectivity index (χ1) is 15.8. The van der Waals surface area contributed by atoms with Crippen LogP contribution in [0, 0.1) is 17.1 Å². The Labute approximate surface area is 189 Å². The summed E-state index contributed by atoms with van der Waals surface area (Å²) in [5.74, 6) is -0.528. The molecule has 2 aliphatic rings. The van der Waals surface area contributed by atoms with Gasteiger partial charge in [0.25, 0.3) is 5.88 Å². The molecule has 5 rings (SSSR count). The zero-order valence-electron chi connectivity index (χ0n) is 17.4. The number of aromatic nitrogens is 4. The van der Waals surface area contributed by atoms with Crippen LogP contribution in [0.2, 0.25) is 0 Å². The maximum Gasteiger partial charge on any atom is 0.258 e. The topological polar surface area (TPSA) is 158 Å². The van der Waals surface area contributed by atoms with Crippen molar-refractivity contribution < 1.29 is 18.4 Å². The largest absolute Gasteiger partial charge is 0.467 e. The summed E-state index contributed by atoms with van der Waals surface area (Å²) in [6.45, 7) is 1.60. The Morgan fingerprint density at radius 1 is 1.45 bits per heavy atom. The summed E-state index contributed by atoms with van der Waals surface area (Å²) in [5, 5.41) is 26.1. The predicted molar refractivity (Wildman–Crippen MR) is 114 cm³/mol. The fourth-order valence-corrected chi connectivity index (χ4v) is 4.94. The standard InChI is InChI=1S/C19H18FN9O3S/c1-9-11-5-10(20)3-4-14(11)29-28(19(30)26-33(29)31)8-13-16(15(6-21)27(2)25-13)12-7-23-17(22)18(24-12)32-9/h3-5,7,9,19,26,30H,8H2,1-2H3,(H2,22,23)/t9-,19?,33?/m1/s1. The number of fused-ring (bicyclic) bond motifs is 7. The molecule has 2 aromatic heterocycles. The average molecular weight is 471 g/mol. The van der Waals surface area contributed by atoms with Gasteiger partial charge in [0.2, 0.25) is 11.2 Å². The first-order valence-corrected chi connectivity index (χ1v) is 10.9. The Bertz CT molecular complexity index is 1340. The number of halogens is 1. The fourth-order valence-electron chi connectivity index (χ4n) is 3.86. The number of nitriles is 1. The second-order valence-electron chi connectivity index (χ2n) is 7.43. The highest BCUT2D eigenvalue weighted by Gasteiger charge is 2.40. The van der Waals surface area contributed by atoms with E-state index in [0.717, 1.165) is 0 Å². The molecule has 14 heteroatoms. The summed E-state index contributed by atoms with van der Waals surface area (Å²) in [7, 11) is 1.60. The normalized spacial score (nSPS) is 22.3. The first-order valence-electron chi connectivity index (χ1n) is 9.76. The molecule has 0 spiro atoms. The molecule has 2 aliphatic heterocycles. The van der Waals surface area contributed by atoms with E-state index in [1.165, 1.54) is 38.5 Å². The molecule has 33 heavy (non-hydrogen) atoms. The number of hydrogen-bond acceptors (Lipinski definition) is 9. The molecule has 4 heterocycles. The van der Waals surface area contributed by atoms with Gasteiger partial charge in [0.05, 0.1) is 35.4 Å². The SMILES string of the molecule is C[C@H]1Oc2nc(cnc2N)-c2c(nn(C)c2C#N)CN2C(O)NS(=O)N2c2ccc(F)cc21. The van der Waals surface area contributed by atoms with E-state index in [9.17, 15) is 19.0 Å². The van der Waals surface area contributed by atoms with Crippen molar-refractivity contribution in [2.45, 2.75) is 25.9 Å². The minimum Gasteiger partial charge on any atom is -0.467 e. The lowest BCUT2D eigenvalue weighted by Crippen LogP contribution is -2.42. The number of aryl methyl sites for hydroxylation is 1. The van der Waals surface area contributed by atoms with Crippen LogP contribution in [0.15, 0.2) is 24.4 Å². The van der Waals surface area contributed by atoms with Gasteiger partial charge in [-0.25, -0.2) is 23.0 Å². The molecule has 4 N–H and O–H groups in total. The van der Waals surface area contributed by atoms with E-state index in [0.29, 0.717) is 22.5 Å². The van der Waals surface area contributed by atoms with Crippen molar-refractivity contribution in [1.29, 1.82) is 5.26 Å². The third-order valence-corrected chi connectivity index (χ3v) is 6.49. The number of ether oxygens (including phenoxy) is 1. The van der Waals surface area contributed by atoms with Gasteiger partial charge in [0, 0.05) is 12.6 Å². The lowest BCUT2D eigenvalue weighted by molar-refractivity contribution is 0.00955. The Balaban J connectivity index is 1.79. The zero-order valence-corrected chi connectivity index (χ0v) is 18.2. The van der Waals surface area contributed by atoms with Gasteiger partial charge in [-0.1, -0.05) is 0 Å². The maximum atomic E-state index is 14.2. The molecule has 2 unspecified atom stereocenters. The Hall–Kier alpha value is -3.64. The van der Waals surface area contributed by atoms with E-state index in [1.54, 1.807) is 14.0 Å². The number of hydrazine groups is 1. The van der Waals surface area contributed by atoms with Crippen molar-refractivity contribution in [1.82, 2.24) is 29.5 Å². The van der Waals surface area contributed by atoms with Crippen molar-refractivity contribution in [3.63, 3.8) is 0 Å². The van der Waals surface area contributed by atoms with E-state index in [1.807, 2.05) is 0 Å². The quantitative estimate of drug-likeness (QED) is 0.427. The van der Waals surface area contributed by atoms with Crippen molar-refractivity contribution in [3.8, 4) is 23.2 Å². The summed E-state index contributed by atoms with van der Waals surface area (Å²) in [6, 6.07) is 6.00. The number of aliphatic hydroxyl groups excluding tert-OH is 1. The molecule has 1 saturated heterocycles. The summed E-state index contributed by atoms with van der Waals surface area (Å²) in [4.78, 5) is 8.61. The number of nitrogens with zero attached hydrogens (tertiary/aromatic N) is 7. The second kappa shape index (κ2) is 7.74. The van der Waals surface area contributed by atoms with Gasteiger partial charge in [0.1, 0.15) is 23.7 Å². The number of rotatable bonds is 0. The second-order valence-corrected chi connectivity index (χ2v) is 8.51. The van der Waals surface area contributed by atoms with Crippen molar-refractivity contribution in [2.75, 3.05) is 10.1 Å². The Morgan fingerprint density at radius 3 is 3.00 bits per heavy atom. The van der Waals surface area contributed by atoms with Gasteiger partial charge < -0.3 is 15.6 Å². The molecular formula is C19H18FN9O3S. The summed E-state index contributed by atoms with van der Waals surface area (Å²) in [5.41, 5.74) is 7.86. The van der Waals surface area contributed by atoms with Gasteiger partial charge in [-0.3, -0.25) is 4.68 Å². The molecule has 1 fully saturated rings. The first kappa shape index (κ1) is 21.2. The predicted octanol–water partition coefficient (Wildman–Crippen LogP) is 0.605. The van der Waals surface area contributed by atoms with Gasteiger partial charge in [-0.05, 0) is 25.1 Å². The molecule has 12 nitrogen and oxygen atoms in total. The van der Waals surface area contributed by atoms with E-state index < -0.39 is 29.4 Å². The van der Waals surface area contributed by atoms with E-state index >= 15 is 0 Å². The summed E-state index contributed by atoms with van der Waals surface area (Å²) < 4.78 is 38.3. The molecule has 1 aromatic carbocycles. The summed E-state index contributed by atoms with van der Waals surface area (Å²) in [6.07, 6.45) is -0.749.